The molecule has 10 heteroatoms. The molecule has 1 fully saturated rings. The number of rotatable bonds is 7. The lowest BCUT2D eigenvalue weighted by atomic mass is 10.1. The van der Waals surface area contributed by atoms with Crippen molar-refractivity contribution in [3.63, 3.8) is 0 Å². The summed E-state index contributed by atoms with van der Waals surface area (Å²) in [6.07, 6.45) is 2.60. The predicted molar refractivity (Wildman–Crippen MR) is 134 cm³/mol. The van der Waals surface area contributed by atoms with Crippen LogP contribution in [0.5, 0.6) is 0 Å². The first-order valence-electron chi connectivity index (χ1n) is 10.8. The fourth-order valence-electron chi connectivity index (χ4n) is 3.95. The van der Waals surface area contributed by atoms with E-state index in [0.29, 0.717) is 45.4 Å². The van der Waals surface area contributed by atoms with E-state index in [1.807, 2.05) is 4.57 Å². The summed E-state index contributed by atoms with van der Waals surface area (Å²) in [4.78, 5) is 8.93. The Hall–Kier alpha value is -2.94. The van der Waals surface area contributed by atoms with Crippen LogP contribution in [0.15, 0.2) is 48.0 Å². The van der Waals surface area contributed by atoms with Crippen molar-refractivity contribution in [1.29, 1.82) is 0 Å². The number of aromatic nitrogens is 2. The topological polar surface area (TPSA) is 80.3 Å². The lowest BCUT2D eigenvalue weighted by molar-refractivity contribution is 0.488. The van der Waals surface area contributed by atoms with Crippen LogP contribution in [0.3, 0.4) is 0 Å². The standard InChI is InChI=1S/C24H24Cl2F2N6/c1-2-20-22(33-24(29)31-12-15-10-16(27)6-7-19(15)28)34(13-14-8-9-30-11-14)23(32-20)21-17(25)4-3-5-18(21)26/h2-7,10,14,30H,1,8-9,11-13H2,(H3,29,31,33)/t14-/m0/s1. The molecule has 0 saturated carbocycles. The van der Waals surface area contributed by atoms with Gasteiger partial charge in [-0.15, -0.1) is 0 Å². The Kier molecular flexibility index (Phi) is 7.50. The zero-order valence-electron chi connectivity index (χ0n) is 18.3. The molecule has 0 amide bonds. The van der Waals surface area contributed by atoms with Gasteiger partial charge in [-0.3, -0.25) is 0 Å². The van der Waals surface area contributed by atoms with E-state index < -0.39 is 11.6 Å². The molecule has 1 aromatic heterocycles. The third-order valence-corrected chi connectivity index (χ3v) is 6.28. The molecule has 0 bridgehead atoms. The molecular formula is C24H24Cl2F2N6. The molecule has 4 N–H and O–H groups in total. The molecule has 0 aliphatic carbocycles. The van der Waals surface area contributed by atoms with Crippen LogP contribution in [-0.4, -0.2) is 28.6 Å². The Morgan fingerprint density at radius 1 is 1.29 bits per heavy atom. The van der Waals surface area contributed by atoms with E-state index in [0.717, 1.165) is 37.7 Å². The van der Waals surface area contributed by atoms with E-state index in [-0.39, 0.29) is 18.1 Å². The molecule has 1 saturated heterocycles. The van der Waals surface area contributed by atoms with E-state index >= 15 is 0 Å². The summed E-state index contributed by atoms with van der Waals surface area (Å²) < 4.78 is 29.4. The van der Waals surface area contributed by atoms with Crippen molar-refractivity contribution in [3.05, 3.63) is 75.9 Å². The normalized spacial score (nSPS) is 16.1. The second kappa shape index (κ2) is 10.5. The Labute approximate surface area is 206 Å². The minimum absolute atomic E-state index is 0.0225. The van der Waals surface area contributed by atoms with Gasteiger partial charge in [0.05, 0.1) is 22.2 Å². The Morgan fingerprint density at radius 2 is 2.06 bits per heavy atom. The van der Waals surface area contributed by atoms with Crippen LogP contribution in [0.1, 0.15) is 17.7 Å². The van der Waals surface area contributed by atoms with Gasteiger partial charge in [0, 0.05) is 12.1 Å². The van der Waals surface area contributed by atoms with Crippen LogP contribution < -0.4 is 16.4 Å². The summed E-state index contributed by atoms with van der Waals surface area (Å²) in [5.74, 6) is 0.412. The first-order valence-corrected chi connectivity index (χ1v) is 11.5. The van der Waals surface area contributed by atoms with Crippen molar-refractivity contribution < 1.29 is 8.78 Å². The molecule has 3 aromatic rings. The van der Waals surface area contributed by atoms with Gasteiger partial charge in [-0.1, -0.05) is 35.8 Å². The molecule has 1 aliphatic heterocycles. The molecular weight excluding hydrogens is 481 g/mol. The summed E-state index contributed by atoms with van der Waals surface area (Å²) in [6, 6.07) is 8.48. The largest absolute Gasteiger partial charge is 0.370 e. The highest BCUT2D eigenvalue weighted by Crippen LogP contribution is 2.37. The first kappa shape index (κ1) is 24.2. The molecule has 2 heterocycles. The molecule has 2 aromatic carbocycles. The van der Waals surface area contributed by atoms with Gasteiger partial charge in [-0.2, -0.15) is 0 Å². The van der Waals surface area contributed by atoms with Crippen molar-refractivity contribution in [2.45, 2.75) is 19.5 Å². The number of nitrogens with zero attached hydrogens (tertiary/aromatic N) is 3. The highest BCUT2D eigenvalue weighted by atomic mass is 35.5. The number of benzene rings is 2. The predicted octanol–water partition coefficient (Wildman–Crippen LogP) is 5.31. The number of nitrogens with one attached hydrogen (secondary N) is 2. The van der Waals surface area contributed by atoms with E-state index in [1.54, 1.807) is 24.3 Å². The Balaban J connectivity index is 1.72. The van der Waals surface area contributed by atoms with Crippen molar-refractivity contribution in [1.82, 2.24) is 14.9 Å². The van der Waals surface area contributed by atoms with Crippen molar-refractivity contribution in [3.8, 4) is 11.4 Å². The second-order valence-corrected chi connectivity index (χ2v) is 8.82. The molecule has 1 atom stereocenters. The van der Waals surface area contributed by atoms with Gasteiger partial charge in [0.15, 0.2) is 5.96 Å². The summed E-state index contributed by atoms with van der Waals surface area (Å²) in [5.41, 5.74) is 7.37. The molecule has 0 radical (unpaired) electrons. The highest BCUT2D eigenvalue weighted by molar-refractivity contribution is 6.39. The average Bonchev–Trinajstić information content (AvgIpc) is 3.43. The van der Waals surface area contributed by atoms with Crippen molar-refractivity contribution in [2.24, 2.45) is 16.6 Å². The quantitative estimate of drug-likeness (QED) is 0.300. The van der Waals surface area contributed by atoms with Crippen LogP contribution in [-0.2, 0) is 13.1 Å². The average molecular weight is 505 g/mol. The molecule has 0 unspecified atom stereocenters. The van der Waals surface area contributed by atoms with Gasteiger partial charge in [-0.25, -0.2) is 18.8 Å². The van der Waals surface area contributed by atoms with Gasteiger partial charge in [0.25, 0.3) is 0 Å². The van der Waals surface area contributed by atoms with E-state index in [9.17, 15) is 8.78 Å². The number of guanidine groups is 1. The molecule has 178 valence electrons. The molecule has 6 nitrogen and oxygen atoms in total. The van der Waals surface area contributed by atoms with Crippen LogP contribution in [0.25, 0.3) is 17.5 Å². The maximum Gasteiger partial charge on any atom is 0.194 e. The maximum absolute atomic E-state index is 14.0. The third kappa shape index (κ3) is 5.24. The number of anilines is 1. The number of hydrogen-bond acceptors (Lipinski definition) is 3. The summed E-state index contributed by atoms with van der Waals surface area (Å²) in [7, 11) is 0. The van der Waals surface area contributed by atoms with E-state index in [4.69, 9.17) is 33.9 Å². The number of halogens is 4. The highest BCUT2D eigenvalue weighted by Gasteiger charge is 2.25. The lowest BCUT2D eigenvalue weighted by Gasteiger charge is -2.18. The zero-order valence-corrected chi connectivity index (χ0v) is 19.8. The molecule has 0 spiro atoms. The van der Waals surface area contributed by atoms with Crippen molar-refractivity contribution in [2.75, 3.05) is 18.4 Å². The minimum Gasteiger partial charge on any atom is -0.370 e. The van der Waals surface area contributed by atoms with Gasteiger partial charge in [0.1, 0.15) is 29.0 Å². The van der Waals surface area contributed by atoms with Gasteiger partial charge >= 0.3 is 0 Å². The SMILES string of the molecule is C=Cc1nc(-c2c(Cl)cccc2Cl)n(C[C@H]2CCNC2)c1NC(N)=NCc1cc(F)ccc1F. The van der Waals surface area contributed by atoms with E-state index in [2.05, 4.69) is 22.2 Å². The zero-order chi connectivity index (χ0) is 24.2. The van der Waals surface area contributed by atoms with Crippen LogP contribution >= 0.6 is 23.2 Å². The number of hydrogen-bond donors (Lipinski definition) is 3. The third-order valence-electron chi connectivity index (χ3n) is 5.65. The molecule has 4 rings (SSSR count). The van der Waals surface area contributed by atoms with Crippen LogP contribution in [0.4, 0.5) is 14.6 Å². The van der Waals surface area contributed by atoms with Crippen LogP contribution in [0, 0.1) is 17.6 Å². The monoisotopic (exact) mass is 504 g/mol. The number of nitrogens with two attached hydrogens (primary N) is 1. The maximum atomic E-state index is 14.0. The van der Waals surface area contributed by atoms with Crippen LogP contribution in [0.2, 0.25) is 10.0 Å². The lowest BCUT2D eigenvalue weighted by Crippen LogP contribution is -2.26. The molecule has 34 heavy (non-hydrogen) atoms. The molecule has 1 aliphatic rings. The fraction of sp³-hybridized carbons (Fsp3) is 0.250. The number of imidazole rings is 1. The first-order chi connectivity index (χ1) is 16.4. The van der Waals surface area contributed by atoms with Gasteiger partial charge in [0.2, 0.25) is 0 Å². The summed E-state index contributed by atoms with van der Waals surface area (Å²) in [6.45, 7) is 6.16. The number of aliphatic imine (C=N–C) groups is 1. The van der Waals surface area contributed by atoms with Gasteiger partial charge in [-0.05, 0) is 61.8 Å². The Morgan fingerprint density at radius 3 is 2.74 bits per heavy atom. The smallest absolute Gasteiger partial charge is 0.194 e. The van der Waals surface area contributed by atoms with Crippen molar-refractivity contribution >= 4 is 41.1 Å². The van der Waals surface area contributed by atoms with E-state index in [1.165, 1.54) is 0 Å². The summed E-state index contributed by atoms with van der Waals surface area (Å²) >= 11 is 13.0. The Bertz CT molecular complexity index is 1210. The fourth-order valence-corrected chi connectivity index (χ4v) is 4.52. The minimum atomic E-state index is -0.556. The van der Waals surface area contributed by atoms with Gasteiger partial charge < -0.3 is 20.9 Å². The summed E-state index contributed by atoms with van der Waals surface area (Å²) in [5, 5.41) is 7.37. The second-order valence-electron chi connectivity index (χ2n) is 8.00.